The van der Waals surface area contributed by atoms with Crippen molar-refractivity contribution in [3.63, 3.8) is 0 Å². The van der Waals surface area contributed by atoms with E-state index in [-0.39, 0.29) is 18.0 Å². The van der Waals surface area contributed by atoms with Crippen molar-refractivity contribution in [3.05, 3.63) is 53.6 Å². The van der Waals surface area contributed by atoms with Crippen molar-refractivity contribution < 1.29 is 27.9 Å². The summed E-state index contributed by atoms with van der Waals surface area (Å²) in [6, 6.07) is 9.11. The SMILES string of the molecule is COc1ccc(CC[NH+](C)CCC(=O)Nc2ccc(F)c(F)c2)cc1OC. The third kappa shape index (κ3) is 6.21. The quantitative estimate of drug-likeness (QED) is 0.701. The molecular formula is C20H25F2N2O3+. The number of hydrogen-bond donors (Lipinski definition) is 2. The lowest BCUT2D eigenvalue weighted by Crippen LogP contribution is -3.09. The molecule has 0 bridgehead atoms. The number of quaternary nitrogens is 1. The molecular weight excluding hydrogens is 354 g/mol. The number of carbonyl (C=O) groups is 1. The summed E-state index contributed by atoms with van der Waals surface area (Å²) < 4.78 is 36.6. The number of amides is 1. The molecule has 1 unspecified atom stereocenters. The molecule has 0 fully saturated rings. The van der Waals surface area contributed by atoms with E-state index >= 15 is 0 Å². The highest BCUT2D eigenvalue weighted by atomic mass is 19.2. The van der Waals surface area contributed by atoms with Crippen molar-refractivity contribution in [1.82, 2.24) is 0 Å². The molecule has 2 rings (SSSR count). The zero-order chi connectivity index (χ0) is 19.8. The van der Waals surface area contributed by atoms with E-state index in [1.165, 1.54) is 11.0 Å². The molecule has 146 valence electrons. The van der Waals surface area contributed by atoms with E-state index in [1.807, 2.05) is 25.2 Å². The maximum Gasteiger partial charge on any atom is 0.230 e. The fourth-order valence-electron chi connectivity index (χ4n) is 2.64. The lowest BCUT2D eigenvalue weighted by molar-refractivity contribution is -0.878. The molecule has 0 saturated heterocycles. The van der Waals surface area contributed by atoms with Gasteiger partial charge in [0.05, 0.1) is 40.8 Å². The maximum atomic E-state index is 13.2. The van der Waals surface area contributed by atoms with E-state index in [1.54, 1.807) is 14.2 Å². The van der Waals surface area contributed by atoms with Gasteiger partial charge in [0, 0.05) is 18.2 Å². The summed E-state index contributed by atoms with van der Waals surface area (Å²) in [6.45, 7) is 1.47. The zero-order valence-electron chi connectivity index (χ0n) is 15.8. The van der Waals surface area contributed by atoms with E-state index in [0.29, 0.717) is 18.0 Å². The Morgan fingerprint density at radius 2 is 1.74 bits per heavy atom. The molecule has 1 atom stereocenters. The third-order valence-electron chi connectivity index (χ3n) is 4.27. The lowest BCUT2D eigenvalue weighted by atomic mass is 10.1. The largest absolute Gasteiger partial charge is 0.493 e. The summed E-state index contributed by atoms with van der Waals surface area (Å²) in [6.07, 6.45) is 1.12. The second-order valence-corrected chi connectivity index (χ2v) is 6.32. The van der Waals surface area contributed by atoms with Gasteiger partial charge in [0.1, 0.15) is 0 Å². The van der Waals surface area contributed by atoms with E-state index < -0.39 is 11.6 Å². The number of benzene rings is 2. The van der Waals surface area contributed by atoms with Crippen LogP contribution in [-0.2, 0) is 11.2 Å². The smallest absolute Gasteiger partial charge is 0.230 e. The molecule has 5 nitrogen and oxygen atoms in total. The van der Waals surface area contributed by atoms with Crippen molar-refractivity contribution in [1.29, 1.82) is 0 Å². The van der Waals surface area contributed by atoms with Gasteiger partial charge < -0.3 is 19.7 Å². The molecule has 0 aliphatic rings. The standard InChI is InChI=1S/C20H24F2N2O3/c1-24(10-8-14-4-7-18(26-2)19(12-14)27-3)11-9-20(25)23-15-5-6-16(21)17(22)13-15/h4-7,12-13H,8-11H2,1-3H3,(H,23,25)/p+1. The number of nitrogens with one attached hydrogen (secondary N) is 2. The van der Waals surface area contributed by atoms with Crippen LogP contribution < -0.4 is 19.7 Å². The van der Waals surface area contributed by atoms with Crippen LogP contribution in [-0.4, -0.2) is 40.3 Å². The number of halogens is 2. The summed E-state index contributed by atoms with van der Waals surface area (Å²) >= 11 is 0. The van der Waals surface area contributed by atoms with E-state index in [2.05, 4.69) is 5.32 Å². The summed E-state index contributed by atoms with van der Waals surface area (Å²) in [5.74, 6) is -0.765. The summed E-state index contributed by atoms with van der Waals surface area (Å²) in [7, 11) is 5.21. The second-order valence-electron chi connectivity index (χ2n) is 6.32. The Kier molecular flexibility index (Phi) is 7.55. The maximum absolute atomic E-state index is 13.2. The average molecular weight is 379 g/mol. The van der Waals surface area contributed by atoms with Gasteiger partial charge >= 0.3 is 0 Å². The van der Waals surface area contributed by atoms with Gasteiger partial charge in [0.2, 0.25) is 5.91 Å². The van der Waals surface area contributed by atoms with Gasteiger partial charge in [0.25, 0.3) is 0 Å². The van der Waals surface area contributed by atoms with Crippen molar-refractivity contribution >= 4 is 11.6 Å². The highest BCUT2D eigenvalue weighted by molar-refractivity contribution is 5.90. The number of likely N-dealkylation sites (N-methyl/N-ethyl adjacent to an activating group) is 1. The van der Waals surface area contributed by atoms with Crippen LogP contribution in [0, 0.1) is 11.6 Å². The molecule has 0 spiro atoms. The number of hydrogen-bond acceptors (Lipinski definition) is 3. The Morgan fingerprint density at radius 1 is 1.00 bits per heavy atom. The van der Waals surface area contributed by atoms with Crippen molar-refractivity contribution in [2.45, 2.75) is 12.8 Å². The van der Waals surface area contributed by atoms with Crippen LogP contribution in [0.3, 0.4) is 0 Å². The van der Waals surface area contributed by atoms with Gasteiger partial charge in [-0.25, -0.2) is 8.78 Å². The number of methoxy groups -OCH3 is 2. The summed E-state index contributed by atoms with van der Waals surface area (Å²) in [5.41, 5.74) is 1.38. The molecule has 7 heteroatoms. The van der Waals surface area contributed by atoms with E-state index in [0.717, 1.165) is 30.7 Å². The summed E-state index contributed by atoms with van der Waals surface area (Å²) in [5, 5.41) is 2.58. The minimum Gasteiger partial charge on any atom is -0.493 e. The van der Waals surface area contributed by atoms with E-state index in [9.17, 15) is 13.6 Å². The van der Waals surface area contributed by atoms with Gasteiger partial charge in [-0.2, -0.15) is 0 Å². The normalized spacial score (nSPS) is 11.7. The highest BCUT2D eigenvalue weighted by Crippen LogP contribution is 2.27. The molecule has 0 aromatic heterocycles. The Labute approximate surface area is 157 Å². The van der Waals surface area contributed by atoms with E-state index in [4.69, 9.17) is 9.47 Å². The van der Waals surface area contributed by atoms with Crippen molar-refractivity contribution in [2.24, 2.45) is 0 Å². The number of carbonyl (C=O) groups excluding carboxylic acids is 1. The first-order valence-corrected chi connectivity index (χ1v) is 8.70. The minimum atomic E-state index is -0.981. The fraction of sp³-hybridized carbons (Fsp3) is 0.350. The van der Waals surface area contributed by atoms with Crippen LogP contribution in [0.5, 0.6) is 11.5 Å². The lowest BCUT2D eigenvalue weighted by Gasteiger charge is -2.15. The Balaban J connectivity index is 1.77. The molecule has 2 aromatic carbocycles. The molecule has 0 saturated carbocycles. The topological polar surface area (TPSA) is 52.0 Å². The second kappa shape index (κ2) is 9.87. The fourth-order valence-corrected chi connectivity index (χ4v) is 2.64. The molecule has 0 aliphatic heterocycles. The predicted molar refractivity (Wildman–Crippen MR) is 99.5 cm³/mol. The molecule has 0 aliphatic carbocycles. The van der Waals surface area contributed by atoms with Crippen LogP contribution in [0.4, 0.5) is 14.5 Å². The number of rotatable bonds is 9. The van der Waals surface area contributed by atoms with Gasteiger partial charge in [-0.15, -0.1) is 0 Å². The predicted octanol–water partition coefficient (Wildman–Crippen LogP) is 2.07. The Hall–Kier alpha value is -2.67. The van der Waals surface area contributed by atoms with Gasteiger partial charge in [0.15, 0.2) is 23.1 Å². The first kappa shape index (κ1) is 20.6. The highest BCUT2D eigenvalue weighted by Gasteiger charge is 2.11. The number of ether oxygens (including phenoxy) is 2. The van der Waals surface area contributed by atoms with Crippen LogP contribution >= 0.6 is 0 Å². The number of anilines is 1. The molecule has 0 heterocycles. The molecule has 27 heavy (non-hydrogen) atoms. The van der Waals surface area contributed by atoms with Crippen molar-refractivity contribution in [2.75, 3.05) is 39.7 Å². The van der Waals surface area contributed by atoms with Gasteiger partial charge in [-0.05, 0) is 29.8 Å². The monoisotopic (exact) mass is 379 g/mol. The average Bonchev–Trinajstić information content (AvgIpc) is 2.67. The molecule has 0 radical (unpaired) electrons. The Bertz CT molecular complexity index is 784. The third-order valence-corrected chi connectivity index (χ3v) is 4.27. The molecule has 2 N–H and O–H groups in total. The molecule has 1 amide bonds. The van der Waals surface area contributed by atoms with Gasteiger partial charge in [-0.3, -0.25) is 4.79 Å². The first-order chi connectivity index (χ1) is 12.9. The van der Waals surface area contributed by atoms with Crippen LogP contribution in [0.25, 0.3) is 0 Å². The zero-order valence-corrected chi connectivity index (χ0v) is 15.8. The van der Waals surface area contributed by atoms with Crippen molar-refractivity contribution in [3.8, 4) is 11.5 Å². The van der Waals surface area contributed by atoms with Crippen LogP contribution in [0.1, 0.15) is 12.0 Å². The minimum absolute atomic E-state index is 0.230. The van der Waals surface area contributed by atoms with Crippen LogP contribution in [0.15, 0.2) is 36.4 Å². The summed E-state index contributed by atoms with van der Waals surface area (Å²) in [4.78, 5) is 13.2. The van der Waals surface area contributed by atoms with Gasteiger partial charge in [-0.1, -0.05) is 6.07 Å². The first-order valence-electron chi connectivity index (χ1n) is 8.70. The Morgan fingerprint density at radius 3 is 2.41 bits per heavy atom. The molecule has 2 aromatic rings. The van der Waals surface area contributed by atoms with Crippen LogP contribution in [0.2, 0.25) is 0 Å².